The zero-order valence-corrected chi connectivity index (χ0v) is 12.1. The molecule has 7 nitrogen and oxygen atoms in total. The summed E-state index contributed by atoms with van der Waals surface area (Å²) >= 11 is 1.98. The van der Waals surface area contributed by atoms with Gasteiger partial charge in [-0.25, -0.2) is 4.79 Å². The number of hydrogen-bond donors (Lipinski definition) is 2. The Morgan fingerprint density at radius 2 is 2.42 bits per heavy atom. The molecule has 19 heavy (non-hydrogen) atoms. The first-order chi connectivity index (χ1) is 8.93. The van der Waals surface area contributed by atoms with Crippen LogP contribution in [0.5, 0.6) is 0 Å². The van der Waals surface area contributed by atoms with Gasteiger partial charge in [-0.1, -0.05) is 22.6 Å². The molecule has 0 spiro atoms. The van der Waals surface area contributed by atoms with Crippen molar-refractivity contribution in [2.45, 2.75) is 24.5 Å². The molecule has 2 rings (SSSR count). The van der Waals surface area contributed by atoms with Crippen LogP contribution in [0.1, 0.15) is 12.6 Å². The van der Waals surface area contributed by atoms with Crippen LogP contribution < -0.4 is 11.2 Å². The maximum atomic E-state index is 13.2. The number of aliphatic hydroxyl groups is 1. The number of aromatic amines is 1. The van der Waals surface area contributed by atoms with E-state index in [0.29, 0.717) is 4.43 Å². The average molecular weight is 386 g/mol. The van der Waals surface area contributed by atoms with Gasteiger partial charge in [-0.3, -0.25) is 14.3 Å². The fourth-order valence-corrected chi connectivity index (χ4v) is 2.93. The third-order valence-electron chi connectivity index (χ3n) is 3.03. The highest BCUT2D eigenvalue weighted by atomic mass is 127. The SMILES string of the molecule is CO[C@]1(CI)O[C@@H](n2cc(F)c(=O)[nH]c2=O)C[C@@H]1O. The number of nitrogens with one attached hydrogen (secondary N) is 1. The lowest BCUT2D eigenvalue weighted by Gasteiger charge is -2.28. The van der Waals surface area contributed by atoms with Gasteiger partial charge in [0.1, 0.15) is 12.3 Å². The summed E-state index contributed by atoms with van der Waals surface area (Å²) in [4.78, 5) is 24.4. The van der Waals surface area contributed by atoms with Crippen molar-refractivity contribution in [2.75, 3.05) is 11.5 Å². The van der Waals surface area contributed by atoms with Gasteiger partial charge in [0.2, 0.25) is 11.6 Å². The van der Waals surface area contributed by atoms with Crippen LogP contribution in [0.25, 0.3) is 0 Å². The van der Waals surface area contributed by atoms with Crippen LogP contribution in [-0.4, -0.2) is 38.1 Å². The van der Waals surface area contributed by atoms with Crippen molar-refractivity contribution in [2.24, 2.45) is 0 Å². The minimum atomic E-state index is -1.24. The van der Waals surface area contributed by atoms with Crippen LogP contribution in [-0.2, 0) is 9.47 Å². The molecule has 0 aliphatic carbocycles. The van der Waals surface area contributed by atoms with Gasteiger partial charge in [-0.15, -0.1) is 0 Å². The van der Waals surface area contributed by atoms with E-state index >= 15 is 0 Å². The van der Waals surface area contributed by atoms with E-state index in [1.165, 1.54) is 7.11 Å². The molecule has 0 radical (unpaired) electrons. The Bertz CT molecular complexity index is 582. The van der Waals surface area contributed by atoms with Gasteiger partial charge in [0.25, 0.3) is 5.56 Å². The maximum absolute atomic E-state index is 13.2. The number of hydrogen-bond acceptors (Lipinski definition) is 5. The van der Waals surface area contributed by atoms with Crippen LogP contribution in [0.4, 0.5) is 4.39 Å². The zero-order chi connectivity index (χ0) is 14.2. The van der Waals surface area contributed by atoms with Crippen molar-refractivity contribution >= 4 is 22.6 Å². The number of rotatable bonds is 3. The fraction of sp³-hybridized carbons (Fsp3) is 0.600. The molecule has 0 aromatic carbocycles. The van der Waals surface area contributed by atoms with Gasteiger partial charge in [-0.2, -0.15) is 4.39 Å². The summed E-state index contributed by atoms with van der Waals surface area (Å²) in [7, 11) is 1.38. The van der Waals surface area contributed by atoms with Crippen molar-refractivity contribution in [3.63, 3.8) is 0 Å². The largest absolute Gasteiger partial charge is 0.387 e. The molecule has 0 saturated carbocycles. The van der Waals surface area contributed by atoms with Gasteiger partial charge in [0.05, 0.1) is 10.6 Å². The normalized spacial score (nSPS) is 30.7. The van der Waals surface area contributed by atoms with Crippen LogP contribution in [0.15, 0.2) is 15.8 Å². The number of ether oxygens (including phenoxy) is 2. The number of aliphatic hydroxyl groups excluding tert-OH is 1. The first kappa shape index (κ1) is 14.6. The van der Waals surface area contributed by atoms with E-state index in [1.54, 1.807) is 0 Å². The third kappa shape index (κ3) is 2.47. The minimum absolute atomic E-state index is 0.0578. The Morgan fingerprint density at radius 1 is 1.74 bits per heavy atom. The van der Waals surface area contributed by atoms with Gasteiger partial charge < -0.3 is 14.6 Å². The van der Waals surface area contributed by atoms with E-state index in [2.05, 4.69) is 0 Å². The Balaban J connectivity index is 2.38. The van der Waals surface area contributed by atoms with E-state index in [9.17, 15) is 19.1 Å². The second-order valence-electron chi connectivity index (χ2n) is 4.12. The first-order valence-corrected chi connectivity index (χ1v) is 6.94. The van der Waals surface area contributed by atoms with Crippen LogP contribution >= 0.6 is 22.6 Å². The summed E-state index contributed by atoms with van der Waals surface area (Å²) in [5, 5.41) is 9.95. The summed E-state index contributed by atoms with van der Waals surface area (Å²) in [6, 6.07) is 0. The van der Waals surface area contributed by atoms with Gasteiger partial charge in [0.15, 0.2) is 0 Å². The quantitative estimate of drug-likeness (QED) is 0.552. The molecule has 106 valence electrons. The average Bonchev–Trinajstić information content (AvgIpc) is 2.71. The molecule has 1 aromatic rings. The summed E-state index contributed by atoms with van der Waals surface area (Å²) in [5.74, 6) is -2.33. The first-order valence-electron chi connectivity index (χ1n) is 5.41. The van der Waals surface area contributed by atoms with Crippen LogP contribution in [0.3, 0.4) is 0 Å². The fourth-order valence-electron chi connectivity index (χ4n) is 1.93. The highest BCUT2D eigenvalue weighted by Gasteiger charge is 2.48. The lowest BCUT2D eigenvalue weighted by Crippen LogP contribution is -2.43. The van der Waals surface area contributed by atoms with Crippen molar-refractivity contribution in [1.82, 2.24) is 9.55 Å². The Labute approximate surface area is 120 Å². The summed E-state index contributed by atoms with van der Waals surface area (Å²) in [6.07, 6.45) is -1.04. The van der Waals surface area contributed by atoms with E-state index in [1.807, 2.05) is 27.6 Å². The molecule has 0 amide bonds. The highest BCUT2D eigenvalue weighted by Crippen LogP contribution is 2.37. The number of nitrogens with zero attached hydrogens (tertiary/aromatic N) is 1. The molecule has 1 fully saturated rings. The number of alkyl halides is 1. The Morgan fingerprint density at radius 3 is 2.95 bits per heavy atom. The lowest BCUT2D eigenvalue weighted by atomic mass is 10.1. The van der Waals surface area contributed by atoms with Crippen molar-refractivity contribution in [3.8, 4) is 0 Å². The number of H-pyrrole nitrogens is 1. The smallest absolute Gasteiger partial charge is 0.330 e. The highest BCUT2D eigenvalue weighted by molar-refractivity contribution is 14.1. The maximum Gasteiger partial charge on any atom is 0.330 e. The van der Waals surface area contributed by atoms with Gasteiger partial charge in [-0.05, 0) is 0 Å². The third-order valence-corrected chi connectivity index (χ3v) is 4.10. The summed E-state index contributed by atoms with van der Waals surface area (Å²) in [5.41, 5.74) is -1.89. The predicted octanol–water partition coefficient (Wildman–Crippen LogP) is -0.267. The van der Waals surface area contributed by atoms with Crippen molar-refractivity contribution < 1.29 is 19.0 Å². The van der Waals surface area contributed by atoms with Gasteiger partial charge in [0, 0.05) is 13.5 Å². The Kier molecular flexibility index (Phi) is 4.08. The Hall–Kier alpha value is -0.780. The van der Waals surface area contributed by atoms with E-state index in [0.717, 1.165) is 10.8 Å². The monoisotopic (exact) mass is 386 g/mol. The van der Waals surface area contributed by atoms with Crippen molar-refractivity contribution in [1.29, 1.82) is 0 Å². The molecular weight excluding hydrogens is 374 g/mol. The molecule has 1 aromatic heterocycles. The molecule has 0 bridgehead atoms. The molecule has 2 N–H and O–H groups in total. The van der Waals surface area contributed by atoms with Gasteiger partial charge >= 0.3 is 5.69 Å². The van der Waals surface area contributed by atoms with E-state index < -0.39 is 35.2 Å². The molecular formula is C10H12FIN2O5. The number of halogens is 2. The molecule has 1 saturated heterocycles. The molecule has 9 heteroatoms. The number of methoxy groups -OCH3 is 1. The predicted molar refractivity (Wildman–Crippen MR) is 70.7 cm³/mol. The summed E-state index contributed by atoms with van der Waals surface area (Å²) < 4.78 is 25.1. The standard InChI is InChI=1S/C10H12FIN2O5/c1-18-10(4-12)6(15)2-7(19-10)14-3-5(11)8(16)13-9(14)17/h3,6-7,15H,2,4H2,1H3,(H,13,16,17)/t6-,7+,10+/m0/s1. The molecule has 3 atom stereocenters. The van der Waals surface area contributed by atoms with Crippen LogP contribution in [0, 0.1) is 5.82 Å². The number of aromatic nitrogens is 2. The van der Waals surface area contributed by atoms with Crippen molar-refractivity contribution in [3.05, 3.63) is 32.9 Å². The second kappa shape index (κ2) is 5.31. The zero-order valence-electron chi connectivity index (χ0n) is 9.93. The molecule has 2 heterocycles. The minimum Gasteiger partial charge on any atom is -0.387 e. The molecule has 0 unspecified atom stereocenters. The summed E-state index contributed by atoms with van der Waals surface area (Å²) in [6.45, 7) is 0. The lowest BCUT2D eigenvalue weighted by molar-refractivity contribution is -0.237. The van der Waals surface area contributed by atoms with E-state index in [4.69, 9.17) is 9.47 Å². The second-order valence-corrected chi connectivity index (χ2v) is 4.88. The van der Waals surface area contributed by atoms with E-state index in [-0.39, 0.29) is 6.42 Å². The molecule has 1 aliphatic rings. The molecule has 1 aliphatic heterocycles. The van der Waals surface area contributed by atoms with Crippen LogP contribution in [0.2, 0.25) is 0 Å². The topological polar surface area (TPSA) is 93.5 Å².